The quantitative estimate of drug-likeness (QED) is 0.150. The van der Waals surface area contributed by atoms with Crippen LogP contribution in [0.5, 0.6) is 11.5 Å². The van der Waals surface area contributed by atoms with Gasteiger partial charge in [0.2, 0.25) is 0 Å². The Hall–Kier alpha value is -6.62. The molecule has 5 aromatic carbocycles. The number of nitrogens with zero attached hydrogens (tertiary/aromatic N) is 5. The van der Waals surface area contributed by atoms with Gasteiger partial charge >= 0.3 is 260 Å². The van der Waals surface area contributed by atoms with Crippen molar-refractivity contribution in [2.24, 2.45) is 0 Å². The summed E-state index contributed by atoms with van der Waals surface area (Å²) in [6.07, 6.45) is 8.23. The van der Waals surface area contributed by atoms with Crippen LogP contribution in [-0.2, 0) is 45.0 Å². The molecule has 0 atom stereocenters. The van der Waals surface area contributed by atoms with Gasteiger partial charge in [-0.15, -0.1) is 0 Å². The Balaban J connectivity index is 0.998. The topological polar surface area (TPSA) is 49.3 Å². The third-order valence-corrected chi connectivity index (χ3v) is 14.0. The fourth-order valence-electron chi connectivity index (χ4n) is 9.37. The van der Waals surface area contributed by atoms with E-state index in [1.54, 1.807) is 0 Å². The molecule has 63 heavy (non-hydrogen) atoms. The first kappa shape index (κ1) is 39.2. The number of aromatic nitrogens is 5. The second kappa shape index (κ2) is 15.9. The van der Waals surface area contributed by atoms with Crippen LogP contribution in [0.4, 0.5) is 0 Å². The molecule has 0 unspecified atom stereocenters. The molecule has 7 heterocycles. The van der Waals surface area contributed by atoms with Crippen LogP contribution in [0.15, 0.2) is 146 Å². The summed E-state index contributed by atoms with van der Waals surface area (Å²) < 4.78 is 14.7. The van der Waals surface area contributed by atoms with E-state index in [0.29, 0.717) is 11.5 Å². The molecule has 10 aromatic rings. The molecule has 0 N–H and O–H groups in total. The van der Waals surface area contributed by atoms with Crippen molar-refractivity contribution in [3.05, 3.63) is 201 Å². The first-order valence-corrected chi connectivity index (χ1v) is 22.9. The Labute approximate surface area is 378 Å². The average molecular weight is 999 g/mol. The molecule has 0 saturated carbocycles. The SMILES string of the molecule is Cc1c2ccc(c1C)CCc1ccc(c3cn(-c4[c-]c(Oc5[c-]c6c(cc5)c5nc(-c7ccccc7)ccc5n6-c5cc(C(C)C)c(-c6ccccc6)cn5)ccc4)[c](=[Pt])n13)CC2. The Morgan fingerprint density at radius 2 is 1.37 bits per heavy atom. The third-order valence-electron chi connectivity index (χ3n) is 12.9. The molecule has 2 aliphatic heterocycles. The molecule has 0 amide bonds. The number of ether oxygens (including phenoxy) is 1. The van der Waals surface area contributed by atoms with Crippen LogP contribution < -0.4 is 4.74 Å². The summed E-state index contributed by atoms with van der Waals surface area (Å²) in [7, 11) is 0. The van der Waals surface area contributed by atoms with Crippen molar-refractivity contribution >= 4 is 27.5 Å². The van der Waals surface area contributed by atoms with E-state index in [2.05, 4.69) is 176 Å². The molecule has 2 aliphatic carbocycles. The van der Waals surface area contributed by atoms with E-state index < -0.39 is 0 Å². The van der Waals surface area contributed by atoms with E-state index >= 15 is 0 Å². The number of rotatable bonds is 7. The summed E-state index contributed by atoms with van der Waals surface area (Å²) in [5.74, 6) is 2.28. The van der Waals surface area contributed by atoms with E-state index in [9.17, 15) is 0 Å². The first-order chi connectivity index (χ1) is 30.8. The molecule has 7 heteroatoms. The third kappa shape index (κ3) is 6.98. The van der Waals surface area contributed by atoms with Gasteiger partial charge in [-0.1, -0.05) is 74.5 Å². The monoisotopic (exact) mass is 998 g/mol. The summed E-state index contributed by atoms with van der Waals surface area (Å²) in [4.78, 5) is 10.4. The Bertz CT molecular complexity index is 3450. The summed E-state index contributed by atoms with van der Waals surface area (Å²) >= 11 is 2.48. The van der Waals surface area contributed by atoms with Crippen LogP contribution in [-0.4, -0.2) is 23.5 Å². The van der Waals surface area contributed by atoms with Crippen LogP contribution in [0.25, 0.3) is 61.3 Å². The number of benzene rings is 5. The maximum absolute atomic E-state index is 6.69. The van der Waals surface area contributed by atoms with Crippen LogP contribution >= 0.6 is 0 Å². The van der Waals surface area contributed by atoms with E-state index in [1.165, 1.54) is 44.6 Å². The zero-order chi connectivity index (χ0) is 42.8. The van der Waals surface area contributed by atoms with Crippen molar-refractivity contribution in [2.45, 2.75) is 59.3 Å². The molecule has 0 radical (unpaired) electrons. The number of hydrogen-bond donors (Lipinski definition) is 0. The van der Waals surface area contributed by atoms with Gasteiger partial charge in [0.1, 0.15) is 0 Å². The number of hydrogen-bond acceptors (Lipinski definition) is 3. The second-order valence-electron chi connectivity index (χ2n) is 16.9. The summed E-state index contributed by atoms with van der Waals surface area (Å²) in [5, 5.41) is 0.974. The Morgan fingerprint density at radius 3 is 2.13 bits per heavy atom. The summed E-state index contributed by atoms with van der Waals surface area (Å²) in [6, 6.07) is 54.2. The number of fused-ring (bicyclic) bond motifs is 3. The van der Waals surface area contributed by atoms with Crippen molar-refractivity contribution in [3.63, 3.8) is 0 Å². The van der Waals surface area contributed by atoms with Crippen LogP contribution in [0.3, 0.4) is 0 Å². The second-order valence-corrected chi connectivity index (χ2v) is 18.0. The van der Waals surface area contributed by atoms with Crippen molar-refractivity contribution in [1.29, 1.82) is 0 Å². The molecule has 312 valence electrons. The van der Waals surface area contributed by atoms with Crippen LogP contribution in [0, 0.1) is 29.8 Å². The van der Waals surface area contributed by atoms with Gasteiger partial charge in [-0.3, -0.25) is 0 Å². The standard InChI is InChI=1S/C56H45N5O.Pt/c1-36(2)49-32-55(57-33-50(49)41-12-7-5-8-13-41)61-52-29-28-51(42-14-9-6-10-15-42)58-56(52)48-27-26-47(31-53(48)61)62-46-17-11-16-45(30-46)59-34-54-43-21-20-39-18-19-40(38(4)37(39)3)22-24-44(25-23-43)60(54)35-59;/h5-19,23,25-29,32-34,36H,20-22,24H2,1-4H3;/q-2;. The predicted molar refractivity (Wildman–Crippen MR) is 250 cm³/mol. The predicted octanol–water partition coefficient (Wildman–Crippen LogP) is 13.0. The van der Waals surface area contributed by atoms with Gasteiger partial charge in [0.05, 0.1) is 5.69 Å². The van der Waals surface area contributed by atoms with Gasteiger partial charge in [-0.05, 0) is 23.1 Å². The van der Waals surface area contributed by atoms with Crippen molar-refractivity contribution in [2.75, 3.05) is 0 Å². The molecule has 6 nitrogen and oxygen atoms in total. The number of pyridine rings is 3. The van der Waals surface area contributed by atoms with Gasteiger partial charge in [-0.2, -0.15) is 0 Å². The molecule has 5 aromatic heterocycles. The van der Waals surface area contributed by atoms with E-state index in [4.69, 9.17) is 14.7 Å². The molecule has 4 aliphatic rings. The van der Waals surface area contributed by atoms with Crippen LogP contribution in [0.2, 0.25) is 0 Å². The minimum atomic E-state index is 0.271. The van der Waals surface area contributed by atoms with Gasteiger partial charge in [-0.25, -0.2) is 0 Å². The van der Waals surface area contributed by atoms with Crippen molar-refractivity contribution < 1.29 is 24.1 Å². The molecule has 0 spiro atoms. The Morgan fingerprint density at radius 1 is 0.667 bits per heavy atom. The zero-order valence-corrected chi connectivity index (χ0v) is 38.0. The zero-order valence-electron chi connectivity index (χ0n) is 35.7. The number of aryl methyl sites for hydroxylation is 4. The minimum absolute atomic E-state index is 0.271. The summed E-state index contributed by atoms with van der Waals surface area (Å²) in [5.41, 5.74) is 18.7. The van der Waals surface area contributed by atoms with Gasteiger partial charge in [0.15, 0.2) is 0 Å². The average Bonchev–Trinajstić information content (AvgIpc) is 3.83. The molecule has 0 saturated heterocycles. The van der Waals surface area contributed by atoms with E-state index in [-0.39, 0.29) is 5.92 Å². The number of imidazole rings is 1. The molecular weight excluding hydrogens is 954 g/mol. The fourth-order valence-corrected chi connectivity index (χ4v) is 10.4. The van der Waals surface area contributed by atoms with E-state index in [1.807, 2.05) is 42.6 Å². The van der Waals surface area contributed by atoms with E-state index in [0.717, 1.165) is 85.3 Å². The molecular formula is C56H45N5OPt-2. The fraction of sp³-hybridized carbons (Fsp3) is 0.161. The Kier molecular flexibility index (Phi) is 9.92. The molecule has 4 bridgehead atoms. The molecule has 0 fully saturated rings. The maximum atomic E-state index is 6.69. The normalized spacial score (nSPS) is 12.7. The summed E-state index contributed by atoms with van der Waals surface area (Å²) in [6.45, 7) is 9.05. The van der Waals surface area contributed by atoms with Gasteiger partial charge in [0, 0.05) is 17.3 Å². The first-order valence-electron chi connectivity index (χ1n) is 21.8. The van der Waals surface area contributed by atoms with Crippen molar-refractivity contribution in [1.82, 2.24) is 23.5 Å². The van der Waals surface area contributed by atoms with Gasteiger partial charge < -0.3 is 0 Å². The van der Waals surface area contributed by atoms with Crippen molar-refractivity contribution in [3.8, 4) is 45.4 Å². The van der Waals surface area contributed by atoms with Crippen LogP contribution in [0.1, 0.15) is 58.8 Å². The molecule has 14 rings (SSSR count). The van der Waals surface area contributed by atoms with Gasteiger partial charge in [0.25, 0.3) is 0 Å².